The van der Waals surface area contributed by atoms with Crippen molar-refractivity contribution in [3.05, 3.63) is 17.3 Å². The Morgan fingerprint density at radius 1 is 1.52 bits per heavy atom. The summed E-state index contributed by atoms with van der Waals surface area (Å²) >= 11 is 1.69. The van der Waals surface area contributed by atoms with E-state index in [4.69, 9.17) is 10.1 Å². The monoisotopic (exact) mass is 308 g/mol. The molecule has 0 saturated carbocycles. The van der Waals surface area contributed by atoms with Crippen LogP contribution >= 0.6 is 11.3 Å². The van der Waals surface area contributed by atoms with E-state index in [-0.39, 0.29) is 6.61 Å². The van der Waals surface area contributed by atoms with Crippen LogP contribution in [0.2, 0.25) is 0 Å². The second-order valence-electron chi connectivity index (χ2n) is 5.57. The lowest BCUT2D eigenvalue weighted by Gasteiger charge is -2.25. The zero-order valence-corrected chi connectivity index (χ0v) is 13.4. The number of nitrogens with zero attached hydrogens (tertiary/aromatic N) is 3. The Hall–Kier alpha value is -1.11. The Balaban J connectivity index is 1.88. The number of aromatic nitrogens is 2. The molecule has 0 amide bonds. The third-order valence-corrected chi connectivity index (χ3v) is 4.98. The van der Waals surface area contributed by atoms with Gasteiger partial charge in [0.2, 0.25) is 0 Å². The van der Waals surface area contributed by atoms with Crippen LogP contribution in [0.1, 0.15) is 38.3 Å². The summed E-state index contributed by atoms with van der Waals surface area (Å²) in [6.07, 6.45) is 6.49. The summed E-state index contributed by atoms with van der Waals surface area (Å²) in [7, 11) is 0. The minimum Gasteiger partial charge on any atom is -0.396 e. The van der Waals surface area contributed by atoms with E-state index in [1.165, 1.54) is 18.5 Å². The summed E-state index contributed by atoms with van der Waals surface area (Å²) in [6, 6.07) is 0.530. The largest absolute Gasteiger partial charge is 0.396 e. The highest BCUT2D eigenvalue weighted by Crippen LogP contribution is 2.32. The van der Waals surface area contributed by atoms with E-state index >= 15 is 0 Å². The van der Waals surface area contributed by atoms with Gasteiger partial charge in [-0.3, -0.25) is 4.40 Å². The lowest BCUT2D eigenvalue weighted by Crippen LogP contribution is -2.31. The highest BCUT2D eigenvalue weighted by atomic mass is 32.1. The molecular weight excluding hydrogens is 284 g/mol. The summed E-state index contributed by atoms with van der Waals surface area (Å²) in [6.45, 7) is 5.32. The maximum Gasteiger partial charge on any atom is 0.195 e. The molecule has 0 aromatic carbocycles. The Morgan fingerprint density at radius 3 is 3.24 bits per heavy atom. The van der Waals surface area contributed by atoms with Gasteiger partial charge in [-0.15, -0.1) is 11.3 Å². The van der Waals surface area contributed by atoms with Gasteiger partial charge in [0.15, 0.2) is 10.8 Å². The third-order valence-electron chi connectivity index (χ3n) is 4.23. The highest BCUT2D eigenvalue weighted by molar-refractivity contribution is 7.15. The van der Waals surface area contributed by atoms with Crippen LogP contribution in [0.4, 0.5) is 5.82 Å². The maximum absolute atomic E-state index is 9.09. The number of hydrogen-bond acceptors (Lipinski definition) is 5. The Bertz CT molecular complexity index is 579. The standard InChI is InChI=1S/C15H24N4OS/c1-2-16-11-13-14(17-15-19(13)8-10-21-15)18-7-3-5-12(18)6-4-9-20/h8,10,12,16,20H,2-7,9,11H2,1H3. The molecule has 2 N–H and O–H groups in total. The SMILES string of the molecule is CCNCc1c(N2CCCC2CCCO)nc2sccn12. The normalized spacial score (nSPS) is 19.0. The summed E-state index contributed by atoms with van der Waals surface area (Å²) < 4.78 is 2.21. The number of anilines is 1. The van der Waals surface area contributed by atoms with Crippen LogP contribution in [0.3, 0.4) is 0 Å². The first-order valence-corrected chi connectivity index (χ1v) is 8.75. The van der Waals surface area contributed by atoms with Crippen molar-refractivity contribution in [2.24, 2.45) is 0 Å². The molecule has 6 heteroatoms. The van der Waals surface area contributed by atoms with Crippen molar-refractivity contribution >= 4 is 22.1 Å². The number of fused-ring (bicyclic) bond motifs is 1. The Morgan fingerprint density at radius 2 is 2.43 bits per heavy atom. The van der Waals surface area contributed by atoms with Gasteiger partial charge in [0.1, 0.15) is 0 Å². The average molecular weight is 308 g/mol. The van der Waals surface area contributed by atoms with Crippen molar-refractivity contribution in [3.63, 3.8) is 0 Å². The number of hydrogen-bond donors (Lipinski definition) is 2. The van der Waals surface area contributed by atoms with Crippen LogP contribution in [0.15, 0.2) is 11.6 Å². The first-order valence-electron chi connectivity index (χ1n) is 7.87. The quantitative estimate of drug-likeness (QED) is 0.824. The van der Waals surface area contributed by atoms with E-state index in [0.717, 1.165) is 43.3 Å². The molecule has 21 heavy (non-hydrogen) atoms. The molecule has 1 fully saturated rings. The molecule has 1 aliphatic rings. The van der Waals surface area contributed by atoms with Crippen LogP contribution in [0, 0.1) is 0 Å². The van der Waals surface area contributed by atoms with Crippen LogP contribution in [-0.4, -0.2) is 40.2 Å². The first kappa shape index (κ1) is 14.8. The van der Waals surface area contributed by atoms with Gasteiger partial charge < -0.3 is 15.3 Å². The summed E-state index contributed by atoms with van der Waals surface area (Å²) in [4.78, 5) is 8.41. The van der Waals surface area contributed by atoms with Crippen molar-refractivity contribution in [2.75, 3.05) is 24.6 Å². The van der Waals surface area contributed by atoms with Gasteiger partial charge in [-0.1, -0.05) is 6.92 Å². The van der Waals surface area contributed by atoms with E-state index in [1.54, 1.807) is 11.3 Å². The molecule has 3 rings (SSSR count). The summed E-state index contributed by atoms with van der Waals surface area (Å²) in [5, 5.41) is 14.6. The third kappa shape index (κ3) is 2.93. The molecule has 116 valence electrons. The fourth-order valence-electron chi connectivity index (χ4n) is 3.20. The van der Waals surface area contributed by atoms with Crippen LogP contribution < -0.4 is 10.2 Å². The molecule has 5 nitrogen and oxygen atoms in total. The number of thiazole rings is 1. The predicted molar refractivity (Wildman–Crippen MR) is 87.1 cm³/mol. The van der Waals surface area contributed by atoms with Crippen molar-refractivity contribution in [1.82, 2.24) is 14.7 Å². The Kier molecular flexibility index (Phi) is 4.77. The van der Waals surface area contributed by atoms with Crippen LogP contribution in [0.5, 0.6) is 0 Å². The summed E-state index contributed by atoms with van der Waals surface area (Å²) in [5.41, 5.74) is 1.27. The molecule has 2 aromatic heterocycles. The Labute approximate surface area is 129 Å². The molecule has 0 bridgehead atoms. The highest BCUT2D eigenvalue weighted by Gasteiger charge is 2.28. The molecule has 1 atom stereocenters. The predicted octanol–water partition coefficient (Wildman–Crippen LogP) is 2.25. The molecule has 1 saturated heterocycles. The molecule has 1 unspecified atom stereocenters. The molecule has 1 aliphatic heterocycles. The number of aliphatic hydroxyl groups excluding tert-OH is 1. The minimum absolute atomic E-state index is 0.285. The molecular formula is C15H24N4OS. The van der Waals surface area contributed by atoms with Crippen molar-refractivity contribution < 1.29 is 5.11 Å². The van der Waals surface area contributed by atoms with Gasteiger partial charge in [0, 0.05) is 37.3 Å². The lowest BCUT2D eigenvalue weighted by atomic mass is 10.1. The molecule has 3 heterocycles. The zero-order valence-electron chi connectivity index (χ0n) is 12.6. The van der Waals surface area contributed by atoms with Crippen molar-refractivity contribution in [2.45, 2.75) is 45.2 Å². The van der Waals surface area contributed by atoms with E-state index in [1.807, 2.05) is 0 Å². The molecule has 2 aromatic rings. The fraction of sp³-hybridized carbons (Fsp3) is 0.667. The van der Waals surface area contributed by atoms with Crippen molar-refractivity contribution in [3.8, 4) is 0 Å². The van der Waals surface area contributed by atoms with Gasteiger partial charge in [-0.05, 0) is 32.2 Å². The zero-order chi connectivity index (χ0) is 14.7. The van der Waals surface area contributed by atoms with E-state index in [0.29, 0.717) is 6.04 Å². The lowest BCUT2D eigenvalue weighted by molar-refractivity contribution is 0.279. The molecule has 0 aliphatic carbocycles. The second-order valence-corrected chi connectivity index (χ2v) is 6.45. The van der Waals surface area contributed by atoms with Crippen LogP contribution in [-0.2, 0) is 6.54 Å². The number of aliphatic hydroxyl groups is 1. The number of nitrogens with one attached hydrogen (secondary N) is 1. The van der Waals surface area contributed by atoms with Gasteiger partial charge in [0.25, 0.3) is 0 Å². The smallest absolute Gasteiger partial charge is 0.195 e. The first-order chi connectivity index (χ1) is 10.3. The van der Waals surface area contributed by atoms with E-state index < -0.39 is 0 Å². The van der Waals surface area contributed by atoms with Gasteiger partial charge in [0.05, 0.1) is 5.69 Å². The van der Waals surface area contributed by atoms with Crippen LogP contribution in [0.25, 0.3) is 4.96 Å². The van der Waals surface area contributed by atoms with E-state index in [9.17, 15) is 0 Å². The number of imidazole rings is 1. The van der Waals surface area contributed by atoms with Crippen molar-refractivity contribution in [1.29, 1.82) is 0 Å². The van der Waals surface area contributed by atoms with Gasteiger partial charge in [-0.2, -0.15) is 0 Å². The molecule has 0 spiro atoms. The summed E-state index contributed by atoms with van der Waals surface area (Å²) in [5.74, 6) is 1.14. The molecule has 0 radical (unpaired) electrons. The minimum atomic E-state index is 0.285. The second kappa shape index (κ2) is 6.77. The number of rotatable bonds is 7. The average Bonchev–Trinajstić information content (AvgIpc) is 3.18. The van der Waals surface area contributed by atoms with Gasteiger partial charge >= 0.3 is 0 Å². The van der Waals surface area contributed by atoms with Gasteiger partial charge in [-0.25, -0.2) is 4.98 Å². The van der Waals surface area contributed by atoms with E-state index in [2.05, 4.69) is 33.1 Å². The topological polar surface area (TPSA) is 52.8 Å². The fourth-order valence-corrected chi connectivity index (χ4v) is 3.93. The maximum atomic E-state index is 9.09.